The first-order chi connectivity index (χ1) is 3.63. The number of rotatable bonds is 2. The molecule has 0 rings (SSSR count). The normalized spacial score (nSPS) is 9.50. The monoisotopic (exact) mass is 124 g/mol. The lowest BCUT2D eigenvalue weighted by Gasteiger charge is -1.96. The standard InChI is InChI=1S/C4H6F2O2/c1-3(7)8-2-4(5)6/h4H,2H2,1H3. The van der Waals surface area contributed by atoms with E-state index in [-0.39, 0.29) is 0 Å². The molecule has 0 aliphatic rings. The predicted octanol–water partition coefficient (Wildman–Crippen LogP) is 0.815. The molecule has 0 aromatic rings. The van der Waals surface area contributed by atoms with Crippen LogP contribution in [0.15, 0.2) is 0 Å². The minimum Gasteiger partial charge on any atom is -0.460 e. The number of alkyl halides is 2. The third kappa shape index (κ3) is 5.33. The van der Waals surface area contributed by atoms with Crippen LogP contribution in [-0.2, 0) is 9.53 Å². The van der Waals surface area contributed by atoms with Crippen molar-refractivity contribution in [3.63, 3.8) is 0 Å². The Morgan fingerprint density at radius 2 is 2.25 bits per heavy atom. The molecule has 0 heterocycles. The number of hydrogen-bond acceptors (Lipinski definition) is 2. The molecule has 0 N–H and O–H groups in total. The van der Waals surface area contributed by atoms with Crippen molar-refractivity contribution in [1.29, 1.82) is 0 Å². The smallest absolute Gasteiger partial charge is 0.302 e. The van der Waals surface area contributed by atoms with Gasteiger partial charge in [0.05, 0.1) is 0 Å². The van der Waals surface area contributed by atoms with Gasteiger partial charge in [-0.2, -0.15) is 0 Å². The molecule has 0 amide bonds. The minimum atomic E-state index is -2.56. The van der Waals surface area contributed by atoms with E-state index in [1.807, 2.05) is 0 Å². The van der Waals surface area contributed by atoms with Crippen LogP contribution in [0.1, 0.15) is 6.92 Å². The summed E-state index contributed by atoms with van der Waals surface area (Å²) in [5.41, 5.74) is 0. The Kier molecular flexibility index (Phi) is 3.07. The average Bonchev–Trinajstić information content (AvgIpc) is 1.61. The van der Waals surface area contributed by atoms with E-state index in [2.05, 4.69) is 4.74 Å². The molecule has 8 heavy (non-hydrogen) atoms. The second-order valence-electron chi connectivity index (χ2n) is 1.19. The number of hydrogen-bond donors (Lipinski definition) is 0. The average molecular weight is 124 g/mol. The van der Waals surface area contributed by atoms with Gasteiger partial charge in [0, 0.05) is 6.92 Å². The minimum absolute atomic E-state index is 0.676. The molecule has 0 spiro atoms. The first-order valence-corrected chi connectivity index (χ1v) is 2.04. The van der Waals surface area contributed by atoms with Gasteiger partial charge in [-0.25, -0.2) is 8.78 Å². The number of carbonyl (C=O) groups is 1. The van der Waals surface area contributed by atoms with Crippen molar-refractivity contribution in [3.8, 4) is 0 Å². The molecule has 0 aliphatic carbocycles. The van der Waals surface area contributed by atoms with Gasteiger partial charge < -0.3 is 4.74 Å². The Hall–Kier alpha value is -0.670. The van der Waals surface area contributed by atoms with Gasteiger partial charge in [-0.1, -0.05) is 0 Å². The summed E-state index contributed by atoms with van der Waals surface area (Å²) in [5.74, 6) is -0.676. The highest BCUT2D eigenvalue weighted by atomic mass is 19.3. The van der Waals surface area contributed by atoms with Crippen LogP contribution in [0.5, 0.6) is 0 Å². The van der Waals surface area contributed by atoms with Crippen molar-refractivity contribution in [2.45, 2.75) is 13.3 Å². The van der Waals surface area contributed by atoms with Crippen LogP contribution in [-0.4, -0.2) is 19.0 Å². The third-order valence-electron chi connectivity index (χ3n) is 0.413. The summed E-state index contributed by atoms with van der Waals surface area (Å²) in [4.78, 5) is 9.79. The molecule has 48 valence electrons. The van der Waals surface area contributed by atoms with Gasteiger partial charge >= 0.3 is 5.97 Å². The van der Waals surface area contributed by atoms with E-state index in [0.29, 0.717) is 0 Å². The topological polar surface area (TPSA) is 26.3 Å². The molecule has 0 bridgehead atoms. The number of carbonyl (C=O) groups excluding carboxylic acids is 1. The fraction of sp³-hybridized carbons (Fsp3) is 0.750. The highest BCUT2D eigenvalue weighted by molar-refractivity contribution is 5.65. The van der Waals surface area contributed by atoms with Gasteiger partial charge in [0.1, 0.15) is 0 Å². The molecule has 0 saturated heterocycles. The maximum atomic E-state index is 11.1. The molecule has 0 aromatic heterocycles. The predicted molar refractivity (Wildman–Crippen MR) is 22.6 cm³/mol. The van der Waals surface area contributed by atoms with Crippen LogP contribution >= 0.6 is 0 Å². The summed E-state index contributed by atoms with van der Waals surface area (Å²) in [6.45, 7) is 0.289. The van der Waals surface area contributed by atoms with Crippen molar-refractivity contribution in [2.24, 2.45) is 0 Å². The summed E-state index contributed by atoms with van der Waals surface area (Å²) < 4.78 is 26.2. The van der Waals surface area contributed by atoms with Gasteiger partial charge in [-0.05, 0) is 0 Å². The maximum absolute atomic E-state index is 11.1. The van der Waals surface area contributed by atoms with Crippen molar-refractivity contribution >= 4 is 5.97 Å². The molecule has 0 fully saturated rings. The Morgan fingerprint density at radius 3 is 2.38 bits per heavy atom. The molecule has 0 radical (unpaired) electrons. The first-order valence-electron chi connectivity index (χ1n) is 2.04. The highest BCUT2D eigenvalue weighted by Crippen LogP contribution is 1.91. The molecule has 0 atom stereocenters. The zero-order chi connectivity index (χ0) is 6.57. The van der Waals surface area contributed by atoms with Crippen LogP contribution in [0.4, 0.5) is 8.78 Å². The van der Waals surface area contributed by atoms with E-state index in [9.17, 15) is 13.6 Å². The molecular weight excluding hydrogens is 118 g/mol. The van der Waals surface area contributed by atoms with Crippen LogP contribution in [0.3, 0.4) is 0 Å². The summed E-state index contributed by atoms with van der Waals surface area (Å²) in [6.07, 6.45) is -2.56. The largest absolute Gasteiger partial charge is 0.460 e. The molecular formula is C4H6F2O2. The van der Waals surface area contributed by atoms with Crippen molar-refractivity contribution in [3.05, 3.63) is 0 Å². The van der Waals surface area contributed by atoms with Gasteiger partial charge in [0.25, 0.3) is 6.43 Å². The molecule has 0 saturated carbocycles. The fourth-order valence-corrected chi connectivity index (χ4v) is 0.180. The van der Waals surface area contributed by atoms with E-state index < -0.39 is 19.0 Å². The lowest BCUT2D eigenvalue weighted by atomic mass is 10.7. The Bertz CT molecular complexity index is 82.1. The number of halogens is 2. The van der Waals surface area contributed by atoms with Crippen molar-refractivity contribution in [1.82, 2.24) is 0 Å². The van der Waals surface area contributed by atoms with Gasteiger partial charge in [0.15, 0.2) is 6.61 Å². The molecule has 0 unspecified atom stereocenters. The quantitative estimate of drug-likeness (QED) is 0.509. The second kappa shape index (κ2) is 3.35. The lowest BCUT2D eigenvalue weighted by molar-refractivity contribution is -0.144. The Labute approximate surface area is 45.4 Å². The van der Waals surface area contributed by atoms with E-state index in [1.165, 1.54) is 0 Å². The SMILES string of the molecule is CC(=O)OCC(F)F. The number of esters is 1. The van der Waals surface area contributed by atoms with E-state index in [4.69, 9.17) is 0 Å². The second-order valence-corrected chi connectivity index (χ2v) is 1.19. The van der Waals surface area contributed by atoms with Crippen LogP contribution in [0, 0.1) is 0 Å². The summed E-state index contributed by atoms with van der Waals surface area (Å²) in [7, 11) is 0. The summed E-state index contributed by atoms with van der Waals surface area (Å²) >= 11 is 0. The lowest BCUT2D eigenvalue weighted by Crippen LogP contribution is -2.07. The van der Waals surface area contributed by atoms with Gasteiger partial charge in [0.2, 0.25) is 0 Å². The fourth-order valence-electron chi connectivity index (χ4n) is 0.180. The number of ether oxygens (including phenoxy) is 1. The van der Waals surface area contributed by atoms with Crippen LogP contribution < -0.4 is 0 Å². The molecule has 0 aromatic carbocycles. The summed E-state index contributed by atoms with van der Waals surface area (Å²) in [6, 6.07) is 0. The van der Waals surface area contributed by atoms with Gasteiger partial charge in [-0.3, -0.25) is 4.79 Å². The zero-order valence-electron chi connectivity index (χ0n) is 4.36. The van der Waals surface area contributed by atoms with Crippen LogP contribution in [0.25, 0.3) is 0 Å². The Balaban J connectivity index is 3.05. The van der Waals surface area contributed by atoms with Crippen molar-refractivity contribution in [2.75, 3.05) is 6.61 Å². The Morgan fingerprint density at radius 1 is 1.75 bits per heavy atom. The molecule has 0 aliphatic heterocycles. The van der Waals surface area contributed by atoms with Crippen LogP contribution in [0.2, 0.25) is 0 Å². The maximum Gasteiger partial charge on any atom is 0.302 e. The third-order valence-corrected chi connectivity index (χ3v) is 0.413. The van der Waals surface area contributed by atoms with Gasteiger partial charge in [-0.15, -0.1) is 0 Å². The van der Waals surface area contributed by atoms with Crippen molar-refractivity contribution < 1.29 is 18.3 Å². The molecule has 2 nitrogen and oxygen atoms in total. The van der Waals surface area contributed by atoms with E-state index in [1.54, 1.807) is 0 Å². The summed E-state index contributed by atoms with van der Waals surface area (Å²) in [5, 5.41) is 0. The zero-order valence-corrected chi connectivity index (χ0v) is 4.36. The molecule has 4 heteroatoms. The first kappa shape index (κ1) is 7.33. The van der Waals surface area contributed by atoms with E-state index in [0.717, 1.165) is 6.92 Å². The highest BCUT2D eigenvalue weighted by Gasteiger charge is 2.02. The van der Waals surface area contributed by atoms with E-state index >= 15 is 0 Å².